The number of thiazole rings is 1. The Hall–Kier alpha value is -1.43. The van der Waals surface area contributed by atoms with Gasteiger partial charge in [-0.3, -0.25) is 4.98 Å². The molecule has 1 aromatic carbocycles. The molecule has 0 bridgehead atoms. The number of aromatic nitrogens is 1. The maximum Gasteiger partial charge on any atom is 0.119 e. The van der Waals surface area contributed by atoms with Gasteiger partial charge >= 0.3 is 0 Å². The Bertz CT molecular complexity index is 502. The number of rotatable bonds is 8. The Balaban J connectivity index is 1.67. The lowest BCUT2D eigenvalue weighted by molar-refractivity contribution is 0.106. The summed E-state index contributed by atoms with van der Waals surface area (Å²) in [6, 6.07) is 7.97. The highest BCUT2D eigenvalue weighted by Crippen LogP contribution is 2.13. The van der Waals surface area contributed by atoms with E-state index >= 15 is 0 Å². The van der Waals surface area contributed by atoms with Gasteiger partial charge in [-0.25, -0.2) is 0 Å². The molecule has 5 heteroatoms. The first-order valence-electron chi connectivity index (χ1n) is 6.76. The lowest BCUT2D eigenvalue weighted by atomic mass is 10.2. The smallest absolute Gasteiger partial charge is 0.119 e. The molecule has 1 heterocycles. The van der Waals surface area contributed by atoms with Crippen molar-refractivity contribution in [1.29, 1.82) is 0 Å². The Morgan fingerprint density at radius 3 is 3.10 bits per heavy atom. The molecule has 1 aromatic heterocycles. The second kappa shape index (κ2) is 7.99. The minimum atomic E-state index is -0.520. The molecule has 0 aliphatic carbocycles. The first-order chi connectivity index (χ1) is 9.78. The van der Waals surface area contributed by atoms with Crippen LogP contribution < -0.4 is 10.1 Å². The van der Waals surface area contributed by atoms with Gasteiger partial charge < -0.3 is 15.2 Å². The van der Waals surface area contributed by atoms with E-state index in [9.17, 15) is 5.11 Å². The number of benzene rings is 1. The summed E-state index contributed by atoms with van der Waals surface area (Å²) >= 11 is 1.60. The van der Waals surface area contributed by atoms with Crippen molar-refractivity contribution in [2.45, 2.75) is 26.0 Å². The summed E-state index contributed by atoms with van der Waals surface area (Å²) in [5.41, 5.74) is 3.04. The molecule has 0 radical (unpaired) electrons. The molecular weight excluding hydrogens is 272 g/mol. The van der Waals surface area contributed by atoms with E-state index < -0.39 is 6.10 Å². The maximum atomic E-state index is 9.87. The number of hydrogen-bond donors (Lipinski definition) is 2. The molecule has 0 amide bonds. The maximum absolute atomic E-state index is 9.87. The summed E-state index contributed by atoms with van der Waals surface area (Å²) < 4.78 is 5.60. The van der Waals surface area contributed by atoms with Crippen molar-refractivity contribution >= 4 is 11.3 Å². The zero-order chi connectivity index (χ0) is 14.2. The molecular formula is C15H20N2O2S. The molecule has 2 N–H and O–H groups in total. The molecule has 0 spiro atoms. The van der Waals surface area contributed by atoms with Gasteiger partial charge in [-0.1, -0.05) is 19.1 Å². The predicted octanol–water partition coefficient (Wildman–Crippen LogP) is 2.24. The highest BCUT2D eigenvalue weighted by molar-refractivity contribution is 7.09. The number of aliphatic hydroxyl groups is 1. The van der Waals surface area contributed by atoms with Gasteiger partial charge in [-0.15, -0.1) is 11.3 Å². The number of hydrogen-bond acceptors (Lipinski definition) is 5. The molecule has 1 unspecified atom stereocenters. The Kier molecular flexibility index (Phi) is 5.98. The zero-order valence-electron chi connectivity index (χ0n) is 11.6. The number of aliphatic hydroxyl groups excluding tert-OH is 1. The van der Waals surface area contributed by atoms with E-state index in [1.165, 1.54) is 5.56 Å². The van der Waals surface area contributed by atoms with E-state index in [1.54, 1.807) is 16.8 Å². The molecule has 0 fully saturated rings. The van der Waals surface area contributed by atoms with Crippen LogP contribution in [-0.2, 0) is 13.0 Å². The Morgan fingerprint density at radius 2 is 2.35 bits per heavy atom. The third-order valence-corrected chi connectivity index (χ3v) is 3.69. The fraction of sp³-hybridized carbons (Fsp3) is 0.400. The van der Waals surface area contributed by atoms with Gasteiger partial charge in [0.1, 0.15) is 18.5 Å². The molecule has 0 aliphatic rings. The van der Waals surface area contributed by atoms with Crippen LogP contribution in [0.15, 0.2) is 36.0 Å². The van der Waals surface area contributed by atoms with Crippen LogP contribution in [0.25, 0.3) is 0 Å². The SMILES string of the molecule is CCc1cccc(OCC(O)CNCc2cncs2)c1. The average Bonchev–Trinajstić information content (AvgIpc) is 2.98. The van der Waals surface area contributed by atoms with Crippen LogP contribution in [0.3, 0.4) is 0 Å². The molecule has 0 saturated heterocycles. The summed E-state index contributed by atoms with van der Waals surface area (Å²) in [5.74, 6) is 0.811. The molecule has 4 nitrogen and oxygen atoms in total. The highest BCUT2D eigenvalue weighted by atomic mass is 32.1. The van der Waals surface area contributed by atoms with Crippen molar-refractivity contribution in [2.24, 2.45) is 0 Å². The van der Waals surface area contributed by atoms with E-state index in [1.807, 2.05) is 24.4 Å². The second-order valence-electron chi connectivity index (χ2n) is 4.56. The predicted molar refractivity (Wildman–Crippen MR) is 81.1 cm³/mol. The van der Waals surface area contributed by atoms with E-state index in [0.717, 1.165) is 23.6 Å². The quantitative estimate of drug-likeness (QED) is 0.783. The van der Waals surface area contributed by atoms with E-state index in [2.05, 4.69) is 23.3 Å². The van der Waals surface area contributed by atoms with Crippen molar-refractivity contribution in [1.82, 2.24) is 10.3 Å². The molecule has 0 aliphatic heterocycles. The third-order valence-electron chi connectivity index (χ3n) is 2.91. The standard InChI is InChI=1S/C15H20N2O2S/c1-2-12-4-3-5-14(6-12)19-10-13(18)7-16-8-15-9-17-11-20-15/h3-6,9,11,13,16,18H,2,7-8,10H2,1H3. The van der Waals surface area contributed by atoms with Gasteiger partial charge in [0.05, 0.1) is 5.51 Å². The first kappa shape index (κ1) is 15.0. The lowest BCUT2D eigenvalue weighted by Gasteiger charge is -2.13. The van der Waals surface area contributed by atoms with Gasteiger partial charge in [0, 0.05) is 24.2 Å². The van der Waals surface area contributed by atoms with Gasteiger partial charge in [0.15, 0.2) is 0 Å². The highest BCUT2D eigenvalue weighted by Gasteiger charge is 2.05. The van der Waals surface area contributed by atoms with Crippen LogP contribution >= 0.6 is 11.3 Å². The van der Waals surface area contributed by atoms with E-state index in [-0.39, 0.29) is 0 Å². The van der Waals surface area contributed by atoms with Gasteiger partial charge in [0.2, 0.25) is 0 Å². The topological polar surface area (TPSA) is 54.4 Å². The minimum absolute atomic E-state index is 0.295. The first-order valence-corrected chi connectivity index (χ1v) is 7.63. The van der Waals surface area contributed by atoms with Crippen LogP contribution in [0.5, 0.6) is 5.75 Å². The number of nitrogens with zero attached hydrogens (tertiary/aromatic N) is 1. The molecule has 2 aromatic rings. The van der Waals surface area contributed by atoms with Gasteiger partial charge in [-0.05, 0) is 24.1 Å². The summed E-state index contributed by atoms with van der Waals surface area (Å²) in [6.07, 6.45) is 2.29. The molecule has 0 saturated carbocycles. The monoisotopic (exact) mass is 292 g/mol. The fourth-order valence-electron chi connectivity index (χ4n) is 1.80. The minimum Gasteiger partial charge on any atom is -0.491 e. The molecule has 2 rings (SSSR count). The summed E-state index contributed by atoms with van der Waals surface area (Å²) in [4.78, 5) is 5.16. The third kappa shape index (κ3) is 4.92. The summed E-state index contributed by atoms with van der Waals surface area (Å²) in [7, 11) is 0. The average molecular weight is 292 g/mol. The van der Waals surface area contributed by atoms with Crippen LogP contribution in [0.1, 0.15) is 17.4 Å². The second-order valence-corrected chi connectivity index (χ2v) is 5.54. The van der Waals surface area contributed by atoms with E-state index in [0.29, 0.717) is 13.2 Å². The number of nitrogens with one attached hydrogen (secondary N) is 1. The number of ether oxygens (including phenoxy) is 1. The van der Waals surface area contributed by atoms with Crippen molar-refractivity contribution in [2.75, 3.05) is 13.2 Å². The fourth-order valence-corrected chi connectivity index (χ4v) is 2.36. The molecule has 1 atom stereocenters. The van der Waals surface area contributed by atoms with Crippen LogP contribution in [0.2, 0.25) is 0 Å². The van der Waals surface area contributed by atoms with Crippen LogP contribution in [-0.4, -0.2) is 29.3 Å². The normalized spacial score (nSPS) is 12.3. The van der Waals surface area contributed by atoms with Crippen molar-refractivity contribution in [3.63, 3.8) is 0 Å². The van der Waals surface area contributed by atoms with Crippen molar-refractivity contribution in [3.8, 4) is 5.75 Å². The van der Waals surface area contributed by atoms with Crippen molar-refractivity contribution in [3.05, 3.63) is 46.4 Å². The van der Waals surface area contributed by atoms with Gasteiger partial charge in [-0.2, -0.15) is 0 Å². The largest absolute Gasteiger partial charge is 0.491 e. The number of aryl methyl sites for hydroxylation is 1. The van der Waals surface area contributed by atoms with Gasteiger partial charge in [0.25, 0.3) is 0 Å². The van der Waals surface area contributed by atoms with E-state index in [4.69, 9.17) is 4.74 Å². The molecule has 20 heavy (non-hydrogen) atoms. The van der Waals surface area contributed by atoms with Crippen molar-refractivity contribution < 1.29 is 9.84 Å². The lowest BCUT2D eigenvalue weighted by Crippen LogP contribution is -2.31. The van der Waals surface area contributed by atoms with Crippen LogP contribution in [0, 0.1) is 0 Å². The summed E-state index contributed by atoms with van der Waals surface area (Å²) in [6.45, 7) is 3.64. The molecule has 108 valence electrons. The summed E-state index contributed by atoms with van der Waals surface area (Å²) in [5, 5.41) is 13.1. The zero-order valence-corrected chi connectivity index (χ0v) is 12.4. The Morgan fingerprint density at radius 1 is 1.45 bits per heavy atom. The van der Waals surface area contributed by atoms with Crippen LogP contribution in [0.4, 0.5) is 0 Å². The Labute approximate surface area is 123 Å².